The molecule has 2 aromatic carbocycles. The van der Waals surface area contributed by atoms with Gasteiger partial charge in [-0.1, -0.05) is 36.4 Å². The molecule has 6 nitrogen and oxygen atoms in total. The van der Waals surface area contributed by atoms with E-state index in [1.54, 1.807) is 30.3 Å². The lowest BCUT2D eigenvalue weighted by Gasteiger charge is -2.32. The van der Waals surface area contributed by atoms with Crippen molar-refractivity contribution in [2.45, 2.75) is 11.0 Å². The van der Waals surface area contributed by atoms with Crippen LogP contribution in [0.4, 0.5) is 0 Å². The van der Waals surface area contributed by atoms with E-state index < -0.39 is 10.1 Å². The molecule has 3 rings (SSSR count). The molecule has 0 saturated carbocycles. The number of ether oxygens (including phenoxy) is 1. The predicted molar refractivity (Wildman–Crippen MR) is 99.7 cm³/mol. The fraction of sp³-hybridized carbons (Fsp3) is 0.263. The van der Waals surface area contributed by atoms with Gasteiger partial charge in [0.05, 0.1) is 17.6 Å². The molecule has 26 heavy (non-hydrogen) atoms. The van der Waals surface area contributed by atoms with Gasteiger partial charge in [0.25, 0.3) is 10.1 Å². The fourth-order valence-corrected chi connectivity index (χ4v) is 3.04. The quantitative estimate of drug-likeness (QED) is 0.629. The van der Waals surface area contributed by atoms with Gasteiger partial charge in [-0.05, 0) is 29.8 Å². The third-order valence-corrected chi connectivity index (χ3v) is 4.71. The zero-order valence-corrected chi connectivity index (χ0v) is 15.2. The largest absolute Gasteiger partial charge is 0.508 e. The lowest BCUT2D eigenvalue weighted by Crippen LogP contribution is -2.38. The summed E-state index contributed by atoms with van der Waals surface area (Å²) in [6.45, 7) is 7.24. The van der Waals surface area contributed by atoms with Crippen molar-refractivity contribution >= 4 is 10.1 Å². The Morgan fingerprint density at radius 1 is 1.15 bits per heavy atom. The molecule has 2 aromatic rings. The van der Waals surface area contributed by atoms with Crippen molar-refractivity contribution in [2.24, 2.45) is 0 Å². The average Bonchev–Trinajstić information content (AvgIpc) is 2.63. The lowest BCUT2D eigenvalue weighted by molar-refractivity contribution is -0.0260. The van der Waals surface area contributed by atoms with Crippen molar-refractivity contribution in [3.05, 3.63) is 72.8 Å². The Kier molecular flexibility index (Phi) is 7.35. The summed E-state index contributed by atoms with van der Waals surface area (Å²) in [4.78, 5) is 2.24. The normalized spacial score (nSPS) is 17.8. The van der Waals surface area contributed by atoms with E-state index in [-0.39, 0.29) is 11.0 Å². The highest BCUT2D eigenvalue weighted by Gasteiger charge is 2.20. The van der Waals surface area contributed by atoms with Crippen molar-refractivity contribution in [1.29, 1.82) is 0 Å². The van der Waals surface area contributed by atoms with Crippen LogP contribution in [0, 0.1) is 0 Å². The Labute approximate surface area is 154 Å². The highest BCUT2D eigenvalue weighted by atomic mass is 32.2. The van der Waals surface area contributed by atoms with Gasteiger partial charge in [0.2, 0.25) is 0 Å². The minimum absolute atomic E-state index is 0.0741. The lowest BCUT2D eigenvalue weighted by atomic mass is 10.1. The van der Waals surface area contributed by atoms with E-state index in [0.717, 1.165) is 31.8 Å². The molecule has 0 amide bonds. The summed E-state index contributed by atoms with van der Waals surface area (Å²) in [5.74, 6) is 0.294. The number of aromatic hydroxyl groups is 1. The van der Waals surface area contributed by atoms with Gasteiger partial charge in [0.1, 0.15) is 5.75 Å². The van der Waals surface area contributed by atoms with E-state index in [9.17, 15) is 13.5 Å². The molecule has 1 saturated heterocycles. The first kappa shape index (κ1) is 20.1. The summed E-state index contributed by atoms with van der Waals surface area (Å²) in [7, 11) is -4.00. The molecular weight excluding hydrogens is 354 g/mol. The smallest absolute Gasteiger partial charge is 0.294 e. The SMILES string of the molecule is C=CCN1CCO[C@H](c2ccc(O)cc2)C1.O=S(=O)(O)c1ccccc1. The third kappa shape index (κ3) is 6.27. The molecule has 0 aliphatic carbocycles. The van der Waals surface area contributed by atoms with Gasteiger partial charge < -0.3 is 9.84 Å². The van der Waals surface area contributed by atoms with E-state index in [0.29, 0.717) is 5.75 Å². The number of hydrogen-bond acceptors (Lipinski definition) is 5. The molecule has 1 fully saturated rings. The Bertz CT molecular complexity index is 790. The van der Waals surface area contributed by atoms with Crippen molar-refractivity contribution in [2.75, 3.05) is 26.2 Å². The van der Waals surface area contributed by atoms with Crippen LogP contribution >= 0.6 is 0 Å². The summed E-state index contributed by atoms with van der Waals surface area (Å²) in [6, 6.07) is 14.6. The zero-order valence-electron chi connectivity index (χ0n) is 14.4. The van der Waals surface area contributed by atoms with Crippen LogP contribution < -0.4 is 0 Å². The van der Waals surface area contributed by atoms with E-state index in [4.69, 9.17) is 9.29 Å². The first-order valence-corrected chi connectivity index (χ1v) is 9.60. The van der Waals surface area contributed by atoms with Crippen molar-refractivity contribution < 1.29 is 22.8 Å². The van der Waals surface area contributed by atoms with E-state index >= 15 is 0 Å². The van der Waals surface area contributed by atoms with Crippen molar-refractivity contribution in [3.8, 4) is 5.75 Å². The summed E-state index contributed by atoms with van der Waals surface area (Å²) in [6.07, 6.45) is 2.02. The van der Waals surface area contributed by atoms with Crippen LogP contribution in [0.2, 0.25) is 0 Å². The number of nitrogens with zero attached hydrogens (tertiary/aromatic N) is 1. The molecule has 7 heteroatoms. The van der Waals surface area contributed by atoms with E-state index in [2.05, 4.69) is 11.5 Å². The van der Waals surface area contributed by atoms with E-state index in [1.807, 2.05) is 18.2 Å². The number of morpholine rings is 1. The molecule has 1 heterocycles. The van der Waals surface area contributed by atoms with Crippen LogP contribution in [0.3, 0.4) is 0 Å². The molecule has 0 spiro atoms. The number of phenols is 1. The Balaban J connectivity index is 0.000000209. The fourth-order valence-electron chi connectivity index (χ4n) is 2.53. The molecule has 1 aliphatic heterocycles. The van der Waals surface area contributed by atoms with Crippen LogP contribution in [-0.4, -0.2) is 49.2 Å². The molecule has 0 aromatic heterocycles. The predicted octanol–water partition coefficient (Wildman–Crippen LogP) is 2.88. The third-order valence-electron chi connectivity index (χ3n) is 3.84. The molecule has 140 valence electrons. The molecule has 0 bridgehead atoms. The minimum Gasteiger partial charge on any atom is -0.508 e. The van der Waals surface area contributed by atoms with Gasteiger partial charge in [-0.3, -0.25) is 9.45 Å². The van der Waals surface area contributed by atoms with Crippen LogP contribution in [0.1, 0.15) is 11.7 Å². The standard InChI is InChI=1S/C13H17NO2.C6H6O3S/c1-2-7-14-8-9-16-13(10-14)11-3-5-12(15)6-4-11;7-10(8,9)6-4-2-1-3-5-6/h2-6,13,15H,1,7-10H2;1-5H,(H,7,8,9)/t13-;/m0./s1. The van der Waals surface area contributed by atoms with Gasteiger partial charge in [-0.25, -0.2) is 0 Å². The summed E-state index contributed by atoms with van der Waals surface area (Å²) >= 11 is 0. The Morgan fingerprint density at radius 3 is 2.35 bits per heavy atom. The summed E-state index contributed by atoms with van der Waals surface area (Å²) in [5.41, 5.74) is 1.12. The summed E-state index contributed by atoms with van der Waals surface area (Å²) in [5, 5.41) is 9.23. The molecule has 0 unspecified atom stereocenters. The number of hydrogen-bond donors (Lipinski definition) is 2. The Hall–Kier alpha value is -2.19. The number of benzene rings is 2. The van der Waals surface area contributed by atoms with Gasteiger partial charge in [-0.2, -0.15) is 8.42 Å². The van der Waals surface area contributed by atoms with Crippen LogP contribution in [0.5, 0.6) is 5.75 Å². The molecule has 1 aliphatic rings. The second-order valence-corrected chi connectivity index (χ2v) is 7.21. The Morgan fingerprint density at radius 2 is 1.81 bits per heavy atom. The highest BCUT2D eigenvalue weighted by Crippen LogP contribution is 2.23. The summed E-state index contributed by atoms with van der Waals surface area (Å²) < 4.78 is 35.0. The topological polar surface area (TPSA) is 87.1 Å². The van der Waals surface area contributed by atoms with Gasteiger partial charge in [-0.15, -0.1) is 6.58 Å². The van der Waals surface area contributed by atoms with Crippen LogP contribution in [-0.2, 0) is 14.9 Å². The van der Waals surface area contributed by atoms with Gasteiger partial charge in [0.15, 0.2) is 0 Å². The zero-order chi connectivity index (χ0) is 19.0. The second kappa shape index (κ2) is 9.49. The number of phenolic OH excluding ortho intramolecular Hbond substituents is 1. The monoisotopic (exact) mass is 377 g/mol. The highest BCUT2D eigenvalue weighted by molar-refractivity contribution is 7.85. The maximum absolute atomic E-state index is 10.4. The first-order chi connectivity index (χ1) is 12.4. The first-order valence-electron chi connectivity index (χ1n) is 8.16. The molecule has 0 radical (unpaired) electrons. The van der Waals surface area contributed by atoms with Gasteiger partial charge in [0, 0.05) is 19.6 Å². The maximum Gasteiger partial charge on any atom is 0.294 e. The van der Waals surface area contributed by atoms with E-state index in [1.165, 1.54) is 12.1 Å². The van der Waals surface area contributed by atoms with Gasteiger partial charge >= 0.3 is 0 Å². The van der Waals surface area contributed by atoms with Crippen molar-refractivity contribution in [1.82, 2.24) is 4.90 Å². The van der Waals surface area contributed by atoms with Crippen molar-refractivity contribution in [3.63, 3.8) is 0 Å². The van der Waals surface area contributed by atoms with Crippen LogP contribution in [0.15, 0.2) is 72.1 Å². The molecule has 2 N–H and O–H groups in total. The average molecular weight is 377 g/mol. The number of rotatable bonds is 4. The molecule has 1 atom stereocenters. The second-order valence-electron chi connectivity index (χ2n) is 5.79. The van der Waals surface area contributed by atoms with Crippen LogP contribution in [0.25, 0.3) is 0 Å². The minimum atomic E-state index is -4.00. The molecular formula is C19H23NO5S. The maximum atomic E-state index is 10.4.